The average molecular weight is 389 g/mol. The molecule has 3 aromatic rings. The zero-order valence-corrected chi connectivity index (χ0v) is 16.6. The Kier molecular flexibility index (Phi) is 6.03. The molecule has 0 atom stereocenters. The third kappa shape index (κ3) is 4.56. The highest BCUT2D eigenvalue weighted by Crippen LogP contribution is 2.23. The Balaban J connectivity index is 1.47. The molecule has 1 aromatic heterocycles. The maximum Gasteiger partial charge on any atom is 0.223 e. The Morgan fingerprint density at radius 3 is 2.48 bits per heavy atom. The number of hydrogen-bond acceptors (Lipinski definition) is 3. The number of ketones is 1. The summed E-state index contributed by atoms with van der Waals surface area (Å²) < 4.78 is 1.98. The van der Waals surface area contributed by atoms with Crippen molar-refractivity contribution in [3.05, 3.63) is 66.0 Å². The number of aromatic nitrogens is 2. The van der Waals surface area contributed by atoms with Gasteiger partial charge in [-0.3, -0.25) is 9.59 Å². The van der Waals surface area contributed by atoms with Crippen LogP contribution in [0.15, 0.2) is 54.6 Å². The van der Waals surface area contributed by atoms with Crippen molar-refractivity contribution in [3.8, 4) is 0 Å². The lowest BCUT2D eigenvalue weighted by atomic mass is 9.89. The van der Waals surface area contributed by atoms with Crippen molar-refractivity contribution < 1.29 is 9.59 Å². The van der Waals surface area contributed by atoms with Crippen molar-refractivity contribution in [2.45, 2.75) is 45.1 Å². The van der Waals surface area contributed by atoms with Gasteiger partial charge in [0.15, 0.2) is 5.78 Å². The van der Waals surface area contributed by atoms with Gasteiger partial charge in [-0.05, 0) is 25.0 Å². The molecule has 0 unspecified atom stereocenters. The lowest BCUT2D eigenvalue weighted by Crippen LogP contribution is -2.33. The number of fused-ring (bicyclic) bond motifs is 1. The second-order valence-electron chi connectivity index (χ2n) is 7.77. The molecule has 1 aliphatic carbocycles. The van der Waals surface area contributed by atoms with Crippen molar-refractivity contribution in [1.82, 2.24) is 14.9 Å². The number of nitrogens with one attached hydrogen (secondary N) is 1. The van der Waals surface area contributed by atoms with E-state index in [0.717, 1.165) is 42.5 Å². The van der Waals surface area contributed by atoms with Gasteiger partial charge in [0.25, 0.3) is 0 Å². The van der Waals surface area contributed by atoms with Crippen LogP contribution in [0.4, 0.5) is 0 Å². The molecule has 1 N–H and O–H groups in total. The second-order valence-corrected chi connectivity index (χ2v) is 7.77. The first kappa shape index (κ1) is 19.4. The summed E-state index contributed by atoms with van der Waals surface area (Å²) in [4.78, 5) is 29.9. The van der Waals surface area contributed by atoms with Crippen molar-refractivity contribution in [3.63, 3.8) is 0 Å². The largest absolute Gasteiger partial charge is 0.355 e. The minimum absolute atomic E-state index is 0.0567. The smallest absolute Gasteiger partial charge is 0.223 e. The van der Waals surface area contributed by atoms with E-state index >= 15 is 0 Å². The van der Waals surface area contributed by atoms with Gasteiger partial charge in [0.05, 0.1) is 17.6 Å². The highest BCUT2D eigenvalue weighted by atomic mass is 16.2. The lowest BCUT2D eigenvalue weighted by molar-refractivity contribution is -0.125. The molecule has 29 heavy (non-hydrogen) atoms. The van der Waals surface area contributed by atoms with Gasteiger partial charge in [-0.2, -0.15) is 0 Å². The molecule has 150 valence electrons. The van der Waals surface area contributed by atoms with E-state index in [1.54, 1.807) is 0 Å². The summed E-state index contributed by atoms with van der Waals surface area (Å²) >= 11 is 0. The predicted molar refractivity (Wildman–Crippen MR) is 114 cm³/mol. The highest BCUT2D eigenvalue weighted by molar-refractivity contribution is 5.96. The molecule has 5 nitrogen and oxygen atoms in total. The van der Waals surface area contributed by atoms with Gasteiger partial charge in [-0.15, -0.1) is 0 Å². The van der Waals surface area contributed by atoms with E-state index < -0.39 is 0 Å². The Hall–Kier alpha value is -2.95. The standard InChI is InChI=1S/C24H27N3O2/c28-22(18-9-3-1-4-10-18)17-27-21-14-8-7-13-20(21)26-23(27)15-16-25-24(29)19-11-5-2-6-12-19/h1,3-4,7-10,13-14,19H,2,5-6,11-12,15-17H2,(H,25,29). The summed E-state index contributed by atoms with van der Waals surface area (Å²) in [6.45, 7) is 0.786. The highest BCUT2D eigenvalue weighted by Gasteiger charge is 2.21. The topological polar surface area (TPSA) is 64.0 Å². The van der Waals surface area contributed by atoms with Gasteiger partial charge in [0, 0.05) is 24.4 Å². The van der Waals surface area contributed by atoms with Crippen LogP contribution in [0.25, 0.3) is 11.0 Å². The molecule has 0 saturated heterocycles. The molecule has 1 saturated carbocycles. The molecule has 0 radical (unpaired) electrons. The monoisotopic (exact) mass is 389 g/mol. The van der Waals surface area contributed by atoms with Crippen LogP contribution in [0.1, 0.15) is 48.3 Å². The van der Waals surface area contributed by atoms with Gasteiger partial charge in [0.2, 0.25) is 5.91 Å². The molecule has 1 aliphatic rings. The summed E-state index contributed by atoms with van der Waals surface area (Å²) in [5.74, 6) is 1.20. The number of hydrogen-bond donors (Lipinski definition) is 1. The quantitative estimate of drug-likeness (QED) is 0.617. The number of amides is 1. The van der Waals surface area contributed by atoms with Gasteiger partial charge in [0.1, 0.15) is 5.82 Å². The number of Topliss-reactive ketones (excluding diaryl/α,β-unsaturated/α-hetero) is 1. The van der Waals surface area contributed by atoms with E-state index in [1.165, 1.54) is 6.42 Å². The fraction of sp³-hybridized carbons (Fsp3) is 0.375. The first-order valence-corrected chi connectivity index (χ1v) is 10.5. The normalized spacial score (nSPS) is 14.8. The van der Waals surface area contributed by atoms with Crippen LogP contribution in [0.2, 0.25) is 0 Å². The second kappa shape index (κ2) is 9.03. The van der Waals surface area contributed by atoms with E-state index in [4.69, 9.17) is 4.98 Å². The molecule has 5 heteroatoms. The fourth-order valence-electron chi connectivity index (χ4n) is 4.16. The maximum atomic E-state index is 12.8. The number of benzene rings is 2. The number of nitrogens with zero attached hydrogens (tertiary/aromatic N) is 2. The van der Waals surface area contributed by atoms with Crippen LogP contribution in [0.5, 0.6) is 0 Å². The minimum Gasteiger partial charge on any atom is -0.355 e. The number of carbonyl (C=O) groups excluding carboxylic acids is 2. The van der Waals surface area contributed by atoms with Crippen molar-refractivity contribution in [2.75, 3.05) is 6.54 Å². The van der Waals surface area contributed by atoms with Crippen molar-refractivity contribution in [1.29, 1.82) is 0 Å². The zero-order chi connectivity index (χ0) is 20.1. The first-order chi connectivity index (χ1) is 14.2. The van der Waals surface area contributed by atoms with Crippen molar-refractivity contribution in [2.24, 2.45) is 5.92 Å². The summed E-state index contributed by atoms with van der Waals surface area (Å²) in [7, 11) is 0. The molecule has 0 spiro atoms. The molecular weight excluding hydrogens is 362 g/mol. The van der Waals surface area contributed by atoms with Gasteiger partial charge < -0.3 is 9.88 Å². The van der Waals surface area contributed by atoms with E-state index in [0.29, 0.717) is 18.5 Å². The van der Waals surface area contributed by atoms with Gasteiger partial charge in [-0.25, -0.2) is 4.98 Å². The van der Waals surface area contributed by atoms with Crippen LogP contribution >= 0.6 is 0 Å². The van der Waals surface area contributed by atoms with E-state index in [-0.39, 0.29) is 24.2 Å². The Labute approximate surface area is 171 Å². The predicted octanol–water partition coefficient (Wildman–Crippen LogP) is 4.16. The number of carbonyl (C=O) groups is 2. The average Bonchev–Trinajstić information content (AvgIpc) is 3.12. The Bertz CT molecular complexity index is 988. The van der Waals surface area contributed by atoms with Gasteiger partial charge in [-0.1, -0.05) is 61.7 Å². The van der Waals surface area contributed by atoms with E-state index in [1.807, 2.05) is 59.2 Å². The molecule has 1 fully saturated rings. The van der Waals surface area contributed by atoms with Crippen LogP contribution < -0.4 is 5.32 Å². The first-order valence-electron chi connectivity index (χ1n) is 10.5. The third-order valence-electron chi connectivity index (χ3n) is 5.75. The van der Waals surface area contributed by atoms with Crippen molar-refractivity contribution >= 4 is 22.7 Å². The Morgan fingerprint density at radius 2 is 1.69 bits per heavy atom. The molecule has 4 rings (SSSR count). The number of rotatable bonds is 7. The Morgan fingerprint density at radius 1 is 0.966 bits per heavy atom. The van der Waals surface area contributed by atoms with Crippen LogP contribution in [-0.4, -0.2) is 27.8 Å². The molecule has 1 amide bonds. The number of imidazole rings is 1. The fourth-order valence-corrected chi connectivity index (χ4v) is 4.16. The summed E-state index contributed by atoms with van der Waals surface area (Å²) in [5.41, 5.74) is 2.52. The van der Waals surface area contributed by atoms with Crippen LogP contribution in [0, 0.1) is 5.92 Å². The molecule has 1 heterocycles. The minimum atomic E-state index is 0.0567. The van der Waals surface area contributed by atoms with E-state index in [9.17, 15) is 9.59 Å². The third-order valence-corrected chi connectivity index (χ3v) is 5.75. The van der Waals surface area contributed by atoms with E-state index in [2.05, 4.69) is 5.32 Å². The summed E-state index contributed by atoms with van der Waals surface area (Å²) in [5, 5.41) is 3.08. The van der Waals surface area contributed by atoms with Crippen LogP contribution in [0.3, 0.4) is 0 Å². The molecule has 2 aromatic carbocycles. The van der Waals surface area contributed by atoms with Crippen LogP contribution in [-0.2, 0) is 17.8 Å². The maximum absolute atomic E-state index is 12.8. The lowest BCUT2D eigenvalue weighted by Gasteiger charge is -2.20. The SMILES string of the molecule is O=C(Cn1c(CCNC(=O)C2CCCCC2)nc2ccccc21)c1ccccc1. The summed E-state index contributed by atoms with van der Waals surface area (Å²) in [6.07, 6.45) is 6.13. The molecular formula is C24H27N3O2. The molecule has 0 aliphatic heterocycles. The number of para-hydroxylation sites is 2. The van der Waals surface area contributed by atoms with Gasteiger partial charge >= 0.3 is 0 Å². The zero-order valence-electron chi connectivity index (χ0n) is 16.6. The summed E-state index contributed by atoms with van der Waals surface area (Å²) in [6, 6.07) is 17.2. The molecule has 0 bridgehead atoms.